The molecule has 4 aromatic rings. The van der Waals surface area contributed by atoms with Crippen LogP contribution in [-0.2, 0) is 12.7 Å². The van der Waals surface area contributed by atoms with Gasteiger partial charge in [0.25, 0.3) is 5.91 Å². The fourth-order valence-electron chi connectivity index (χ4n) is 4.55. The highest BCUT2D eigenvalue weighted by atomic mass is 19.4. The number of halogens is 3. The number of carbonyl (C=O) groups excluding carboxylic acids is 1. The minimum absolute atomic E-state index is 0.0696. The number of fused-ring (bicyclic) bond motifs is 1. The molecule has 2 aromatic carbocycles. The highest BCUT2D eigenvalue weighted by Crippen LogP contribution is 2.34. The molecule has 2 aromatic heterocycles. The quantitative estimate of drug-likeness (QED) is 0.375. The Morgan fingerprint density at radius 1 is 1.05 bits per heavy atom. The van der Waals surface area contributed by atoms with E-state index >= 15 is 0 Å². The Labute approximate surface area is 229 Å². The van der Waals surface area contributed by atoms with Crippen LogP contribution in [0.25, 0.3) is 5.65 Å². The summed E-state index contributed by atoms with van der Waals surface area (Å²) >= 11 is 0. The number of nitrogen functional groups attached to an aromatic ring is 1. The van der Waals surface area contributed by atoms with Crippen LogP contribution in [0.1, 0.15) is 38.4 Å². The minimum Gasteiger partial charge on any atom is -0.396 e. The highest BCUT2D eigenvalue weighted by Gasteiger charge is 2.34. The van der Waals surface area contributed by atoms with Crippen LogP contribution in [-0.4, -0.2) is 63.5 Å². The molecular weight excluding hydrogens is 519 g/mol. The first kappa shape index (κ1) is 27.2. The first-order valence-electron chi connectivity index (χ1n) is 12.7. The van der Waals surface area contributed by atoms with Gasteiger partial charge in [-0.1, -0.05) is 18.1 Å². The summed E-state index contributed by atoms with van der Waals surface area (Å²) < 4.78 is 43.5. The Bertz CT molecular complexity index is 1630. The summed E-state index contributed by atoms with van der Waals surface area (Å²) in [5.41, 5.74) is 8.05. The summed E-state index contributed by atoms with van der Waals surface area (Å²) in [6.07, 6.45) is -2.80. The number of amides is 1. The first-order chi connectivity index (χ1) is 19.1. The van der Waals surface area contributed by atoms with Crippen LogP contribution in [0.3, 0.4) is 0 Å². The first-order valence-corrected chi connectivity index (χ1v) is 12.7. The molecule has 11 heteroatoms. The topological polar surface area (TPSA) is 91.8 Å². The van der Waals surface area contributed by atoms with Crippen molar-refractivity contribution < 1.29 is 18.0 Å². The Hall–Kier alpha value is -4.40. The smallest absolute Gasteiger partial charge is 0.396 e. The zero-order valence-electron chi connectivity index (χ0n) is 22.1. The van der Waals surface area contributed by atoms with E-state index in [1.165, 1.54) is 12.1 Å². The summed E-state index contributed by atoms with van der Waals surface area (Å²) in [6.45, 7) is 5.06. The second kappa shape index (κ2) is 11.0. The number of likely N-dealkylation sites (N-methyl/N-ethyl adjacent to an activating group) is 1. The third-order valence-corrected chi connectivity index (χ3v) is 6.94. The number of nitrogens with two attached hydrogens (primary N) is 1. The molecule has 206 valence electrons. The van der Waals surface area contributed by atoms with Gasteiger partial charge in [-0.2, -0.15) is 13.2 Å². The number of nitrogens with zero attached hydrogens (tertiary/aromatic N) is 5. The molecule has 1 aliphatic rings. The number of pyridine rings is 1. The van der Waals surface area contributed by atoms with Crippen molar-refractivity contribution in [1.29, 1.82) is 0 Å². The van der Waals surface area contributed by atoms with Crippen LogP contribution in [0, 0.1) is 18.8 Å². The monoisotopic (exact) mass is 547 g/mol. The Kier molecular flexibility index (Phi) is 7.47. The molecule has 0 unspecified atom stereocenters. The van der Waals surface area contributed by atoms with Gasteiger partial charge in [0.05, 0.1) is 11.3 Å². The van der Waals surface area contributed by atoms with E-state index in [2.05, 4.69) is 32.3 Å². The molecule has 0 saturated carbocycles. The molecule has 0 bridgehead atoms. The fraction of sp³-hybridized carbons (Fsp3) is 0.276. The van der Waals surface area contributed by atoms with Crippen LogP contribution in [0.2, 0.25) is 0 Å². The third kappa shape index (κ3) is 5.93. The van der Waals surface area contributed by atoms with Crippen molar-refractivity contribution in [3.05, 3.63) is 88.4 Å². The summed E-state index contributed by atoms with van der Waals surface area (Å²) in [5, 5.41) is 10.7. The lowest BCUT2D eigenvalue weighted by Crippen LogP contribution is -2.44. The molecule has 0 aliphatic carbocycles. The Balaban J connectivity index is 1.35. The molecule has 3 N–H and O–H groups in total. The van der Waals surface area contributed by atoms with Gasteiger partial charge in [0, 0.05) is 55.7 Å². The number of anilines is 2. The number of benzene rings is 2. The lowest BCUT2D eigenvalue weighted by Gasteiger charge is -2.33. The molecule has 0 atom stereocenters. The Morgan fingerprint density at radius 2 is 1.82 bits per heavy atom. The molecular formula is C29H28F3N7O. The highest BCUT2D eigenvalue weighted by molar-refractivity contribution is 6.04. The Morgan fingerprint density at radius 3 is 2.58 bits per heavy atom. The summed E-state index contributed by atoms with van der Waals surface area (Å²) in [6, 6.07) is 12.4. The van der Waals surface area contributed by atoms with Crippen molar-refractivity contribution >= 4 is 22.9 Å². The average Bonchev–Trinajstić information content (AvgIpc) is 3.34. The molecule has 1 aliphatic heterocycles. The number of nitrogens with one attached hydrogen (secondary N) is 1. The van der Waals surface area contributed by atoms with Crippen molar-refractivity contribution in [3.8, 4) is 11.8 Å². The molecule has 0 radical (unpaired) electrons. The number of carbonyl (C=O) groups is 1. The number of aromatic nitrogens is 3. The number of piperazine rings is 1. The van der Waals surface area contributed by atoms with Crippen molar-refractivity contribution in [3.63, 3.8) is 0 Å². The normalized spacial score (nSPS) is 14.6. The van der Waals surface area contributed by atoms with E-state index in [0.717, 1.165) is 24.7 Å². The molecule has 8 nitrogen and oxygen atoms in total. The van der Waals surface area contributed by atoms with Crippen LogP contribution in [0.4, 0.5) is 24.5 Å². The van der Waals surface area contributed by atoms with Gasteiger partial charge < -0.3 is 16.0 Å². The molecule has 5 rings (SSSR count). The molecule has 40 heavy (non-hydrogen) atoms. The zero-order valence-corrected chi connectivity index (χ0v) is 22.1. The van der Waals surface area contributed by atoms with Gasteiger partial charge in [-0.15, -0.1) is 10.2 Å². The fourth-order valence-corrected chi connectivity index (χ4v) is 4.55. The minimum atomic E-state index is -4.55. The van der Waals surface area contributed by atoms with Crippen molar-refractivity contribution in [2.24, 2.45) is 0 Å². The summed E-state index contributed by atoms with van der Waals surface area (Å²) in [4.78, 5) is 17.2. The predicted molar refractivity (Wildman–Crippen MR) is 147 cm³/mol. The van der Waals surface area contributed by atoms with Crippen molar-refractivity contribution in [2.45, 2.75) is 19.6 Å². The number of hydrogen-bond acceptors (Lipinski definition) is 6. The third-order valence-electron chi connectivity index (χ3n) is 6.94. The number of aryl methyl sites for hydroxylation is 1. The maximum Gasteiger partial charge on any atom is 0.416 e. The molecule has 0 spiro atoms. The standard InChI is InChI=1S/C29H28F3N7O/c1-19-5-6-21(16-20(19)8-10-26-35-36-27-25(33)4-3-11-39(26)27)28(40)34-23-9-7-22(24(17-23)29(30,31)32)18-38-14-12-37(2)13-15-38/h3-7,9,11,16-17H,12-15,18,33H2,1-2H3,(H,34,40). The summed E-state index contributed by atoms with van der Waals surface area (Å²) in [5.74, 6) is 5.81. The number of rotatable bonds is 4. The van der Waals surface area contributed by atoms with Crippen LogP contribution >= 0.6 is 0 Å². The van der Waals surface area contributed by atoms with Gasteiger partial charge in [0.15, 0.2) is 5.65 Å². The SMILES string of the molecule is Cc1ccc(C(=O)Nc2ccc(CN3CCN(C)CC3)c(C(F)(F)F)c2)cc1C#Cc1nnc2c(N)cccn12. The van der Waals surface area contributed by atoms with Gasteiger partial charge >= 0.3 is 6.18 Å². The van der Waals surface area contributed by atoms with E-state index in [4.69, 9.17) is 5.73 Å². The van der Waals surface area contributed by atoms with Gasteiger partial charge in [-0.05, 0) is 67.4 Å². The molecule has 1 amide bonds. The van der Waals surface area contributed by atoms with E-state index in [1.807, 2.05) is 18.9 Å². The molecule has 1 saturated heterocycles. The van der Waals surface area contributed by atoms with E-state index in [1.54, 1.807) is 40.9 Å². The van der Waals surface area contributed by atoms with E-state index in [0.29, 0.717) is 35.8 Å². The van der Waals surface area contributed by atoms with Gasteiger partial charge in [0.2, 0.25) is 5.82 Å². The lowest BCUT2D eigenvalue weighted by molar-refractivity contribution is -0.138. The summed E-state index contributed by atoms with van der Waals surface area (Å²) in [7, 11) is 1.99. The van der Waals surface area contributed by atoms with Gasteiger partial charge in [-0.3, -0.25) is 14.1 Å². The predicted octanol–water partition coefficient (Wildman–Crippen LogP) is 4.04. The van der Waals surface area contributed by atoms with E-state index in [-0.39, 0.29) is 23.4 Å². The molecule has 1 fully saturated rings. The van der Waals surface area contributed by atoms with Crippen molar-refractivity contribution in [1.82, 2.24) is 24.4 Å². The second-order valence-corrected chi connectivity index (χ2v) is 9.86. The maximum absolute atomic E-state index is 14.0. The lowest BCUT2D eigenvalue weighted by atomic mass is 10.0. The largest absolute Gasteiger partial charge is 0.416 e. The molecule has 3 heterocycles. The van der Waals surface area contributed by atoms with Gasteiger partial charge in [-0.25, -0.2) is 0 Å². The van der Waals surface area contributed by atoms with Gasteiger partial charge in [0.1, 0.15) is 0 Å². The maximum atomic E-state index is 14.0. The average molecular weight is 548 g/mol. The van der Waals surface area contributed by atoms with Crippen LogP contribution in [0.5, 0.6) is 0 Å². The van der Waals surface area contributed by atoms with Crippen LogP contribution < -0.4 is 11.1 Å². The van der Waals surface area contributed by atoms with E-state index in [9.17, 15) is 18.0 Å². The zero-order chi connectivity index (χ0) is 28.4. The van der Waals surface area contributed by atoms with Crippen molar-refractivity contribution in [2.75, 3.05) is 44.3 Å². The van der Waals surface area contributed by atoms with Crippen LogP contribution in [0.15, 0.2) is 54.7 Å². The second-order valence-electron chi connectivity index (χ2n) is 9.86. The number of hydrogen-bond donors (Lipinski definition) is 2. The number of alkyl halides is 3. The van der Waals surface area contributed by atoms with E-state index < -0.39 is 17.6 Å².